The Labute approximate surface area is 211 Å². The molecule has 0 N–H and O–H groups in total. The van der Waals surface area contributed by atoms with Crippen molar-refractivity contribution in [2.45, 2.75) is 32.1 Å². The lowest BCUT2D eigenvalue weighted by atomic mass is 9.96. The van der Waals surface area contributed by atoms with Gasteiger partial charge in [0.15, 0.2) is 0 Å². The zero-order chi connectivity index (χ0) is 24.8. The normalized spacial score (nSPS) is 16.5. The molecule has 0 saturated carbocycles. The maximum absolute atomic E-state index is 13.5. The van der Waals surface area contributed by atoms with E-state index in [1.54, 1.807) is 4.90 Å². The van der Waals surface area contributed by atoms with Gasteiger partial charge in [-0.05, 0) is 35.7 Å². The molecule has 2 aliphatic rings. The molecule has 0 saturated heterocycles. The van der Waals surface area contributed by atoms with Crippen molar-refractivity contribution in [3.05, 3.63) is 101 Å². The molecule has 0 bridgehead atoms. The summed E-state index contributed by atoms with van der Waals surface area (Å²) in [6, 6.07) is 26.3. The molecule has 0 radical (unpaired) electrons. The maximum Gasteiger partial charge on any atom is 0.257 e. The summed E-state index contributed by atoms with van der Waals surface area (Å²) in [5, 5.41) is 1.22. The van der Waals surface area contributed by atoms with E-state index in [1.807, 2.05) is 66.5 Å². The molecule has 3 heterocycles. The number of rotatable bonds is 5. The number of anilines is 1. The predicted octanol–water partition coefficient (Wildman–Crippen LogP) is 4.84. The Morgan fingerprint density at radius 2 is 1.69 bits per heavy atom. The minimum absolute atomic E-state index is 0.0785. The molecule has 2 amide bonds. The number of aryl methyl sites for hydroxylation is 1. The van der Waals surface area contributed by atoms with Crippen LogP contribution in [-0.4, -0.2) is 46.8 Å². The second-order valence-corrected chi connectivity index (χ2v) is 9.77. The van der Waals surface area contributed by atoms with Crippen molar-refractivity contribution in [3.63, 3.8) is 0 Å². The third-order valence-electron chi connectivity index (χ3n) is 7.64. The summed E-state index contributed by atoms with van der Waals surface area (Å²) in [5.41, 5.74) is 6.37. The van der Waals surface area contributed by atoms with Crippen LogP contribution in [0.3, 0.4) is 0 Å². The standard InChI is InChI=1S/C30H30N4O2/c1-31(20-21-10-4-3-5-11-21)27(35)17-19-33-26-15-9-6-12-22(26)23-16-18-34-29(28(23)33)32(2)25-14-8-7-13-24(25)30(34)36/h3-15,29H,16-20H2,1-2H3/t29-/m1/s1. The van der Waals surface area contributed by atoms with Crippen LogP contribution in [0.1, 0.15) is 39.8 Å². The van der Waals surface area contributed by atoms with Crippen LogP contribution in [0.5, 0.6) is 0 Å². The van der Waals surface area contributed by atoms with E-state index in [1.165, 1.54) is 10.9 Å². The summed E-state index contributed by atoms with van der Waals surface area (Å²) in [6.07, 6.45) is 1.01. The van der Waals surface area contributed by atoms with Crippen LogP contribution in [0.15, 0.2) is 78.9 Å². The van der Waals surface area contributed by atoms with Crippen LogP contribution < -0.4 is 4.90 Å². The van der Waals surface area contributed by atoms with Gasteiger partial charge in [0.1, 0.15) is 6.17 Å². The van der Waals surface area contributed by atoms with Crippen molar-refractivity contribution < 1.29 is 9.59 Å². The molecule has 3 aromatic carbocycles. The van der Waals surface area contributed by atoms with Gasteiger partial charge in [-0.25, -0.2) is 0 Å². The number of benzene rings is 3. The number of amides is 2. The lowest BCUT2D eigenvalue weighted by Gasteiger charge is -2.46. The van der Waals surface area contributed by atoms with Crippen LogP contribution in [0.25, 0.3) is 10.9 Å². The first-order chi connectivity index (χ1) is 17.5. The van der Waals surface area contributed by atoms with Crippen LogP contribution in [-0.2, 0) is 24.3 Å². The van der Waals surface area contributed by atoms with E-state index in [4.69, 9.17) is 0 Å². The van der Waals surface area contributed by atoms with Gasteiger partial charge in [0, 0.05) is 51.1 Å². The smallest absolute Gasteiger partial charge is 0.257 e. The van der Waals surface area contributed by atoms with Gasteiger partial charge in [-0.15, -0.1) is 0 Å². The molecular weight excluding hydrogens is 448 g/mol. The van der Waals surface area contributed by atoms with Gasteiger partial charge < -0.3 is 19.3 Å². The van der Waals surface area contributed by atoms with E-state index in [0.717, 1.165) is 34.4 Å². The average Bonchev–Trinajstić information content (AvgIpc) is 3.24. The highest BCUT2D eigenvalue weighted by Crippen LogP contribution is 2.44. The fourth-order valence-corrected chi connectivity index (χ4v) is 5.89. The van der Waals surface area contributed by atoms with Crippen molar-refractivity contribution in [3.8, 4) is 0 Å². The van der Waals surface area contributed by atoms with E-state index in [2.05, 4.69) is 40.8 Å². The number of hydrogen-bond donors (Lipinski definition) is 0. The highest BCUT2D eigenvalue weighted by atomic mass is 16.2. The van der Waals surface area contributed by atoms with Gasteiger partial charge in [0.05, 0.1) is 16.9 Å². The number of hydrogen-bond acceptors (Lipinski definition) is 3. The Hall–Kier alpha value is -4.06. The van der Waals surface area contributed by atoms with Gasteiger partial charge in [0.25, 0.3) is 5.91 Å². The lowest BCUT2D eigenvalue weighted by molar-refractivity contribution is -0.130. The summed E-state index contributed by atoms with van der Waals surface area (Å²) in [5.74, 6) is 0.186. The van der Waals surface area contributed by atoms with Gasteiger partial charge in [0.2, 0.25) is 5.91 Å². The van der Waals surface area contributed by atoms with Crippen LogP contribution in [0.2, 0.25) is 0 Å². The summed E-state index contributed by atoms with van der Waals surface area (Å²) < 4.78 is 2.29. The van der Waals surface area contributed by atoms with Crippen molar-refractivity contribution in [2.75, 3.05) is 25.5 Å². The quantitative estimate of drug-likeness (QED) is 0.413. The van der Waals surface area contributed by atoms with Crippen molar-refractivity contribution in [1.82, 2.24) is 14.4 Å². The lowest BCUT2D eigenvalue weighted by Crippen LogP contribution is -2.51. The molecule has 0 aliphatic carbocycles. The zero-order valence-corrected chi connectivity index (χ0v) is 20.7. The Morgan fingerprint density at radius 1 is 0.972 bits per heavy atom. The molecule has 6 rings (SSSR count). The predicted molar refractivity (Wildman–Crippen MR) is 142 cm³/mol. The van der Waals surface area contributed by atoms with Crippen molar-refractivity contribution >= 4 is 28.4 Å². The first kappa shape index (κ1) is 22.4. The first-order valence-electron chi connectivity index (χ1n) is 12.6. The van der Waals surface area contributed by atoms with Gasteiger partial charge >= 0.3 is 0 Å². The number of carbonyl (C=O) groups is 2. The average molecular weight is 479 g/mol. The van der Waals surface area contributed by atoms with Gasteiger partial charge in [-0.2, -0.15) is 0 Å². The first-order valence-corrected chi connectivity index (χ1v) is 12.6. The van der Waals surface area contributed by atoms with Gasteiger partial charge in [-0.1, -0.05) is 60.7 Å². The highest BCUT2D eigenvalue weighted by Gasteiger charge is 2.42. The molecule has 0 fully saturated rings. The minimum Gasteiger partial charge on any atom is -0.349 e. The third kappa shape index (κ3) is 3.56. The molecule has 182 valence electrons. The topological polar surface area (TPSA) is 48.8 Å². The zero-order valence-electron chi connectivity index (χ0n) is 20.7. The van der Waals surface area contributed by atoms with E-state index in [0.29, 0.717) is 26.1 Å². The molecule has 6 nitrogen and oxygen atoms in total. The van der Waals surface area contributed by atoms with Gasteiger partial charge in [-0.3, -0.25) is 9.59 Å². The van der Waals surface area contributed by atoms with E-state index in [9.17, 15) is 9.59 Å². The molecule has 36 heavy (non-hydrogen) atoms. The summed E-state index contributed by atoms with van der Waals surface area (Å²) in [4.78, 5) is 32.6. The summed E-state index contributed by atoms with van der Waals surface area (Å²) >= 11 is 0. The van der Waals surface area contributed by atoms with E-state index >= 15 is 0 Å². The van der Waals surface area contributed by atoms with Crippen LogP contribution in [0, 0.1) is 0 Å². The third-order valence-corrected chi connectivity index (χ3v) is 7.64. The number of carbonyl (C=O) groups excluding carboxylic acids is 2. The molecule has 2 aliphatic heterocycles. The summed E-state index contributed by atoms with van der Waals surface area (Å²) in [7, 11) is 3.93. The highest BCUT2D eigenvalue weighted by molar-refractivity contribution is 6.02. The summed E-state index contributed by atoms with van der Waals surface area (Å²) in [6.45, 7) is 1.85. The number of fused-ring (bicyclic) bond motifs is 6. The molecule has 0 spiro atoms. The molecule has 1 aromatic heterocycles. The molecule has 4 aromatic rings. The molecule has 0 unspecified atom stereocenters. The Morgan fingerprint density at radius 3 is 2.53 bits per heavy atom. The fraction of sp³-hybridized carbons (Fsp3) is 0.267. The van der Waals surface area contributed by atoms with Crippen molar-refractivity contribution in [1.29, 1.82) is 0 Å². The molecule has 1 atom stereocenters. The largest absolute Gasteiger partial charge is 0.349 e. The second-order valence-electron chi connectivity index (χ2n) is 9.77. The maximum atomic E-state index is 13.5. The second kappa shape index (κ2) is 8.86. The minimum atomic E-state index is -0.194. The van der Waals surface area contributed by atoms with Crippen LogP contribution in [0.4, 0.5) is 5.69 Å². The van der Waals surface area contributed by atoms with E-state index < -0.39 is 0 Å². The van der Waals surface area contributed by atoms with Crippen molar-refractivity contribution in [2.24, 2.45) is 0 Å². The number of para-hydroxylation sites is 2. The van der Waals surface area contributed by atoms with Crippen LogP contribution >= 0.6 is 0 Å². The monoisotopic (exact) mass is 478 g/mol. The number of nitrogens with zero attached hydrogens (tertiary/aromatic N) is 4. The fourth-order valence-electron chi connectivity index (χ4n) is 5.89. The number of aromatic nitrogens is 1. The van der Waals surface area contributed by atoms with E-state index in [-0.39, 0.29) is 18.0 Å². The SMILES string of the molecule is CN(Cc1ccccc1)C(=O)CCn1c2c(c3ccccc31)CCN1C(=O)c3ccccc3N(C)[C@@H]21. The Kier molecular flexibility index (Phi) is 5.52. The molecule has 6 heteroatoms. The Bertz CT molecular complexity index is 1460. The molecular formula is C30H30N4O2. The Balaban J connectivity index is 1.36.